The summed E-state index contributed by atoms with van der Waals surface area (Å²) in [5.41, 5.74) is 3.65. The van der Waals surface area contributed by atoms with E-state index in [9.17, 15) is 14.7 Å². The lowest BCUT2D eigenvalue weighted by Gasteiger charge is -2.04. The maximum atomic E-state index is 10.9. The van der Waals surface area contributed by atoms with Gasteiger partial charge in [-0.15, -0.1) is 0 Å². The van der Waals surface area contributed by atoms with E-state index in [0.29, 0.717) is 0 Å². The Morgan fingerprint density at radius 3 is 2.54 bits per heavy atom. The van der Waals surface area contributed by atoms with Gasteiger partial charge in [-0.2, -0.15) is 0 Å². The molecule has 0 unspecified atom stereocenters. The molecule has 1 heterocycles. The molecule has 6 nitrogen and oxygen atoms in total. The Bertz CT molecular complexity index is 421. The average Bonchev–Trinajstić information content (AvgIpc) is 1.99. The van der Waals surface area contributed by atoms with Crippen molar-refractivity contribution in [1.82, 2.24) is 4.98 Å². The van der Waals surface area contributed by atoms with Gasteiger partial charge in [-0.05, 0) is 6.92 Å². The number of aromatic hydroxyl groups is 1. The van der Waals surface area contributed by atoms with E-state index in [2.05, 4.69) is 4.98 Å². The number of aromatic nitrogens is 1. The monoisotopic (exact) mass is 184 g/mol. The highest BCUT2D eigenvalue weighted by Crippen LogP contribution is 2.22. The SMILES string of the molecule is Cc1[nH]c(=O)c(N)c(O)c1C(=O)O. The van der Waals surface area contributed by atoms with Crippen molar-refractivity contribution in [3.05, 3.63) is 21.6 Å². The van der Waals surface area contributed by atoms with E-state index >= 15 is 0 Å². The Morgan fingerprint density at radius 1 is 1.54 bits per heavy atom. The molecule has 1 aromatic rings. The van der Waals surface area contributed by atoms with Crippen LogP contribution in [0.4, 0.5) is 5.69 Å². The van der Waals surface area contributed by atoms with Crippen LogP contribution in [0.2, 0.25) is 0 Å². The van der Waals surface area contributed by atoms with Gasteiger partial charge in [0.15, 0.2) is 5.75 Å². The second kappa shape index (κ2) is 2.81. The van der Waals surface area contributed by atoms with Gasteiger partial charge in [-0.3, -0.25) is 4.79 Å². The van der Waals surface area contributed by atoms with Crippen LogP contribution in [0.5, 0.6) is 5.75 Å². The number of H-pyrrole nitrogens is 1. The number of pyridine rings is 1. The largest absolute Gasteiger partial charge is 0.505 e. The van der Waals surface area contributed by atoms with Crippen LogP contribution in [-0.4, -0.2) is 21.2 Å². The van der Waals surface area contributed by atoms with E-state index in [1.807, 2.05) is 0 Å². The molecule has 5 N–H and O–H groups in total. The summed E-state index contributed by atoms with van der Waals surface area (Å²) in [7, 11) is 0. The van der Waals surface area contributed by atoms with Crippen LogP contribution >= 0.6 is 0 Å². The van der Waals surface area contributed by atoms with Crippen molar-refractivity contribution in [2.24, 2.45) is 0 Å². The first-order valence-corrected chi connectivity index (χ1v) is 3.39. The van der Waals surface area contributed by atoms with Crippen molar-refractivity contribution in [3.8, 4) is 5.75 Å². The number of carbonyl (C=O) groups is 1. The maximum Gasteiger partial charge on any atom is 0.341 e. The molecule has 0 fully saturated rings. The number of nitrogen functional groups attached to an aromatic ring is 1. The fraction of sp³-hybridized carbons (Fsp3) is 0.143. The van der Waals surface area contributed by atoms with Crippen LogP contribution in [0.3, 0.4) is 0 Å². The van der Waals surface area contributed by atoms with Gasteiger partial charge >= 0.3 is 5.97 Å². The number of hydrogen-bond donors (Lipinski definition) is 4. The fourth-order valence-corrected chi connectivity index (χ4v) is 0.982. The van der Waals surface area contributed by atoms with E-state index < -0.39 is 23.0 Å². The number of aryl methyl sites for hydroxylation is 1. The smallest absolute Gasteiger partial charge is 0.341 e. The molecule has 0 saturated carbocycles. The number of aromatic carboxylic acids is 1. The summed E-state index contributed by atoms with van der Waals surface area (Å²) >= 11 is 0. The molecule has 0 saturated heterocycles. The van der Waals surface area contributed by atoms with Gasteiger partial charge in [0.1, 0.15) is 11.3 Å². The van der Waals surface area contributed by atoms with Crippen LogP contribution < -0.4 is 11.3 Å². The van der Waals surface area contributed by atoms with Crippen molar-refractivity contribution >= 4 is 11.7 Å². The molecule has 0 aliphatic rings. The van der Waals surface area contributed by atoms with Gasteiger partial charge in [0, 0.05) is 5.69 Å². The van der Waals surface area contributed by atoms with E-state index in [1.54, 1.807) is 0 Å². The summed E-state index contributed by atoms with van der Waals surface area (Å²) in [4.78, 5) is 23.7. The summed E-state index contributed by atoms with van der Waals surface area (Å²) in [6.45, 7) is 1.37. The third-order valence-corrected chi connectivity index (χ3v) is 1.63. The van der Waals surface area contributed by atoms with Gasteiger partial charge in [-0.1, -0.05) is 0 Å². The maximum absolute atomic E-state index is 10.9. The lowest BCUT2D eigenvalue weighted by molar-refractivity contribution is 0.0692. The molecule has 0 aliphatic carbocycles. The Kier molecular flexibility index (Phi) is 1.97. The zero-order chi connectivity index (χ0) is 10.2. The highest BCUT2D eigenvalue weighted by molar-refractivity contribution is 5.93. The fourth-order valence-electron chi connectivity index (χ4n) is 0.982. The van der Waals surface area contributed by atoms with Crippen molar-refractivity contribution in [2.75, 3.05) is 5.73 Å². The number of hydrogen-bond acceptors (Lipinski definition) is 4. The molecule has 0 spiro atoms. The molecule has 13 heavy (non-hydrogen) atoms. The molecule has 0 aromatic carbocycles. The molecule has 0 bridgehead atoms. The Hall–Kier alpha value is -1.98. The third kappa shape index (κ3) is 1.33. The molecular weight excluding hydrogens is 176 g/mol. The first kappa shape index (κ1) is 9.11. The summed E-state index contributed by atoms with van der Waals surface area (Å²) in [6, 6.07) is 0. The zero-order valence-electron chi connectivity index (χ0n) is 6.79. The molecule has 0 radical (unpaired) electrons. The lowest BCUT2D eigenvalue weighted by atomic mass is 10.1. The van der Waals surface area contributed by atoms with Crippen LogP contribution in [0.25, 0.3) is 0 Å². The molecule has 1 aromatic heterocycles. The topological polar surface area (TPSA) is 116 Å². The predicted molar refractivity (Wildman–Crippen MR) is 44.8 cm³/mol. The van der Waals surface area contributed by atoms with Crippen molar-refractivity contribution in [1.29, 1.82) is 0 Å². The van der Waals surface area contributed by atoms with Crippen LogP contribution in [0.15, 0.2) is 4.79 Å². The third-order valence-electron chi connectivity index (χ3n) is 1.63. The average molecular weight is 184 g/mol. The molecule has 6 heteroatoms. The molecule has 1 rings (SSSR count). The summed E-state index contributed by atoms with van der Waals surface area (Å²) in [5.74, 6) is -2.02. The van der Waals surface area contributed by atoms with Gasteiger partial charge in [0.25, 0.3) is 5.56 Å². The normalized spacial score (nSPS) is 9.92. The summed E-state index contributed by atoms with van der Waals surface area (Å²) in [5, 5.41) is 17.8. The molecule has 70 valence electrons. The van der Waals surface area contributed by atoms with Gasteiger partial charge < -0.3 is 20.9 Å². The first-order valence-electron chi connectivity index (χ1n) is 3.39. The van der Waals surface area contributed by atoms with Crippen LogP contribution in [-0.2, 0) is 0 Å². The molecular formula is C7H8N2O4. The predicted octanol–water partition coefficient (Wildman–Crippen LogP) is -0.331. The van der Waals surface area contributed by atoms with Gasteiger partial charge in [0.05, 0.1) is 0 Å². The van der Waals surface area contributed by atoms with E-state index in [-0.39, 0.29) is 11.3 Å². The standard InChI is InChI=1S/C7H8N2O4/c1-2-3(7(12)13)5(10)4(8)6(11)9-2/h8H2,1H3,(H,12,13)(H2,9,10,11). The zero-order valence-corrected chi connectivity index (χ0v) is 6.79. The quantitative estimate of drug-likeness (QED) is 0.476. The second-order valence-electron chi connectivity index (χ2n) is 2.52. The molecule has 0 atom stereocenters. The van der Waals surface area contributed by atoms with Crippen molar-refractivity contribution in [2.45, 2.75) is 6.92 Å². The van der Waals surface area contributed by atoms with Crippen molar-refractivity contribution < 1.29 is 15.0 Å². The number of aromatic amines is 1. The molecule has 0 aliphatic heterocycles. The minimum atomic E-state index is -1.34. The lowest BCUT2D eigenvalue weighted by Crippen LogP contribution is -2.17. The second-order valence-corrected chi connectivity index (χ2v) is 2.52. The number of anilines is 1. The minimum Gasteiger partial charge on any atom is -0.505 e. The number of rotatable bonds is 1. The summed E-state index contributed by atoms with van der Waals surface area (Å²) < 4.78 is 0. The van der Waals surface area contributed by atoms with E-state index in [0.717, 1.165) is 0 Å². The number of carboxylic acid groups (broad SMARTS) is 1. The highest BCUT2D eigenvalue weighted by atomic mass is 16.4. The number of nitrogens with one attached hydrogen (secondary N) is 1. The first-order chi connectivity index (χ1) is 5.95. The number of carboxylic acids is 1. The Balaban J connectivity index is 3.63. The number of nitrogens with two attached hydrogens (primary N) is 1. The van der Waals surface area contributed by atoms with Gasteiger partial charge in [-0.25, -0.2) is 4.79 Å². The van der Waals surface area contributed by atoms with E-state index in [4.69, 9.17) is 10.8 Å². The Morgan fingerprint density at radius 2 is 2.08 bits per heavy atom. The molecule has 0 amide bonds. The summed E-state index contributed by atoms with van der Waals surface area (Å²) in [6.07, 6.45) is 0. The van der Waals surface area contributed by atoms with Crippen LogP contribution in [0, 0.1) is 6.92 Å². The van der Waals surface area contributed by atoms with Crippen LogP contribution in [0.1, 0.15) is 16.1 Å². The van der Waals surface area contributed by atoms with Gasteiger partial charge in [0.2, 0.25) is 0 Å². The Labute approximate surface area is 72.6 Å². The van der Waals surface area contributed by atoms with Crippen molar-refractivity contribution in [3.63, 3.8) is 0 Å². The highest BCUT2D eigenvalue weighted by Gasteiger charge is 2.17. The minimum absolute atomic E-state index is 0.0733. The van der Waals surface area contributed by atoms with E-state index in [1.165, 1.54) is 6.92 Å².